The largest absolute Gasteiger partial charge is 0.481 e. The molecule has 0 saturated carbocycles. The predicted molar refractivity (Wildman–Crippen MR) is 257 cm³/mol. The zero-order valence-electron chi connectivity index (χ0n) is 42.3. The maximum absolute atomic E-state index is 12.0. The average Bonchev–Trinajstić information content (AvgIpc) is 3.23. The van der Waals surface area contributed by atoms with E-state index in [4.69, 9.17) is 19.3 Å². The topological polar surface area (TPSA) is 94.1 Å². The van der Waals surface area contributed by atoms with Gasteiger partial charge in [-0.05, 0) is 51.0 Å². The van der Waals surface area contributed by atoms with Gasteiger partial charge in [0.2, 0.25) is 0 Å². The molecule has 352 valence electrons. The first-order valence-corrected chi connectivity index (χ1v) is 24.4. The maximum atomic E-state index is 12.0. The molecular formula is C52H103NO6. The number of hydrogen-bond donors (Lipinski definition) is 2. The molecular weight excluding hydrogens is 735 g/mol. The summed E-state index contributed by atoms with van der Waals surface area (Å²) < 4.78 is 18.2. The highest BCUT2D eigenvalue weighted by Crippen LogP contribution is 2.35. The first-order valence-electron chi connectivity index (χ1n) is 24.4. The van der Waals surface area contributed by atoms with Crippen LogP contribution >= 0.6 is 0 Å². The molecule has 1 aromatic carbocycles. The minimum absolute atomic E-state index is 0.0432. The SMILES string of the molecule is CCC.CCCC.CCCCC(=O)OCC(C)(CC)COC(CCC(C)(CC)NC(CC)CC)(OC)C(C)C.CCCCCCCCCC.O=C(O)Cc1ccccc1. The first-order chi connectivity index (χ1) is 28.0. The van der Waals surface area contributed by atoms with Crippen molar-refractivity contribution in [3.63, 3.8) is 0 Å². The van der Waals surface area contributed by atoms with Gasteiger partial charge in [-0.1, -0.05) is 204 Å². The highest BCUT2D eigenvalue weighted by atomic mass is 16.7. The van der Waals surface area contributed by atoms with Crippen LogP contribution in [-0.2, 0) is 30.2 Å². The fraction of sp³-hybridized carbons (Fsp3) is 0.846. The van der Waals surface area contributed by atoms with E-state index in [-0.39, 0.29) is 29.3 Å². The molecule has 0 fully saturated rings. The van der Waals surface area contributed by atoms with Crippen LogP contribution in [0.2, 0.25) is 0 Å². The van der Waals surface area contributed by atoms with Crippen LogP contribution in [0.3, 0.4) is 0 Å². The Morgan fingerprint density at radius 2 is 1.17 bits per heavy atom. The molecule has 1 rings (SSSR count). The summed E-state index contributed by atoms with van der Waals surface area (Å²) in [5, 5.41) is 12.2. The van der Waals surface area contributed by atoms with Gasteiger partial charge in [0.25, 0.3) is 0 Å². The number of carboxylic acids is 1. The lowest BCUT2D eigenvalue weighted by molar-refractivity contribution is -0.267. The number of carbonyl (C=O) groups excluding carboxylic acids is 1. The van der Waals surface area contributed by atoms with Crippen molar-refractivity contribution < 1.29 is 28.9 Å². The summed E-state index contributed by atoms with van der Waals surface area (Å²) in [6, 6.07) is 9.66. The van der Waals surface area contributed by atoms with Gasteiger partial charge < -0.3 is 24.6 Å². The number of unbranched alkanes of at least 4 members (excludes halogenated alkanes) is 9. The van der Waals surface area contributed by atoms with Gasteiger partial charge in [0.1, 0.15) is 0 Å². The Kier molecular flexibility index (Phi) is 46.1. The van der Waals surface area contributed by atoms with Gasteiger partial charge in [0, 0.05) is 42.9 Å². The van der Waals surface area contributed by atoms with E-state index < -0.39 is 11.8 Å². The standard InChI is InChI=1S/C27H55NO4.C10H22.C8H8O2.C4H10.C3H8/c1-11-16-17-24(29)31-20-25(8,14-4)21-32-27(30-10,22(6)7)19-18-26(9,15-5)28-23(12-2)13-3;1-3-5-7-9-10-8-6-4-2;9-8(10)6-7-4-2-1-3-5-7;1-3-4-2;1-3-2/h22-23,28H,11-21H2,1-10H3;3-10H2,1-2H3;1-5H,6H2,(H,9,10);3-4H2,1-2H3;3H2,1-2H3. The number of carbonyl (C=O) groups is 2. The fourth-order valence-electron chi connectivity index (χ4n) is 5.88. The molecule has 0 spiro atoms. The van der Waals surface area contributed by atoms with Crippen molar-refractivity contribution in [3.05, 3.63) is 35.9 Å². The second-order valence-electron chi connectivity index (χ2n) is 17.3. The summed E-state index contributed by atoms with van der Waals surface area (Å²) in [4.78, 5) is 22.2. The maximum Gasteiger partial charge on any atom is 0.307 e. The highest BCUT2D eigenvalue weighted by molar-refractivity contribution is 5.70. The van der Waals surface area contributed by atoms with Gasteiger partial charge in [0.15, 0.2) is 5.79 Å². The van der Waals surface area contributed by atoms with E-state index in [9.17, 15) is 9.59 Å². The summed E-state index contributed by atoms with van der Waals surface area (Å²) in [5.74, 6) is -1.35. The number of methoxy groups -OCH3 is 1. The summed E-state index contributed by atoms with van der Waals surface area (Å²) in [5.41, 5.74) is 0.652. The van der Waals surface area contributed by atoms with Crippen LogP contribution in [0.25, 0.3) is 0 Å². The van der Waals surface area contributed by atoms with Crippen molar-refractivity contribution in [1.29, 1.82) is 0 Å². The lowest BCUT2D eigenvalue weighted by atomic mass is 9.85. The third-order valence-electron chi connectivity index (χ3n) is 11.1. The van der Waals surface area contributed by atoms with Gasteiger partial charge in [-0.15, -0.1) is 0 Å². The third-order valence-corrected chi connectivity index (χ3v) is 11.1. The van der Waals surface area contributed by atoms with Crippen molar-refractivity contribution >= 4 is 11.9 Å². The molecule has 0 saturated heterocycles. The second-order valence-corrected chi connectivity index (χ2v) is 17.3. The number of esters is 1. The summed E-state index contributed by atoms with van der Waals surface area (Å²) >= 11 is 0. The Hall–Kier alpha value is -1.96. The minimum Gasteiger partial charge on any atom is -0.481 e. The molecule has 3 atom stereocenters. The van der Waals surface area contributed by atoms with Crippen molar-refractivity contribution in [2.45, 2.75) is 256 Å². The van der Waals surface area contributed by atoms with Gasteiger partial charge in [0.05, 0.1) is 19.6 Å². The quantitative estimate of drug-likeness (QED) is 0.0471. The van der Waals surface area contributed by atoms with Crippen LogP contribution in [0.4, 0.5) is 0 Å². The zero-order valence-corrected chi connectivity index (χ0v) is 42.3. The van der Waals surface area contributed by atoms with Crippen molar-refractivity contribution in [3.8, 4) is 0 Å². The second kappa shape index (κ2) is 42.7. The Labute approximate surface area is 368 Å². The number of aliphatic carboxylic acids is 1. The van der Waals surface area contributed by atoms with Gasteiger partial charge >= 0.3 is 11.9 Å². The van der Waals surface area contributed by atoms with E-state index in [1.807, 2.05) is 18.2 Å². The monoisotopic (exact) mass is 838 g/mol. The molecule has 59 heavy (non-hydrogen) atoms. The lowest BCUT2D eigenvalue weighted by Gasteiger charge is -2.42. The van der Waals surface area contributed by atoms with E-state index in [0.717, 1.165) is 56.9 Å². The number of ether oxygens (including phenoxy) is 3. The molecule has 2 N–H and O–H groups in total. The van der Waals surface area contributed by atoms with E-state index in [2.05, 4.69) is 109 Å². The number of benzene rings is 1. The minimum atomic E-state index is -0.786. The van der Waals surface area contributed by atoms with Gasteiger partial charge in [-0.25, -0.2) is 0 Å². The Morgan fingerprint density at radius 1 is 0.678 bits per heavy atom. The summed E-state index contributed by atoms with van der Waals surface area (Å²) in [7, 11) is 1.76. The van der Waals surface area contributed by atoms with Crippen molar-refractivity contribution in [2.24, 2.45) is 11.3 Å². The smallest absolute Gasteiger partial charge is 0.307 e. The number of nitrogens with one attached hydrogen (secondary N) is 1. The number of carboxylic acid groups (broad SMARTS) is 1. The molecule has 0 aliphatic carbocycles. The zero-order chi connectivity index (χ0) is 46.0. The average molecular weight is 838 g/mol. The molecule has 0 radical (unpaired) electrons. The van der Waals surface area contributed by atoms with E-state index in [0.29, 0.717) is 25.7 Å². The van der Waals surface area contributed by atoms with Crippen LogP contribution in [0.5, 0.6) is 0 Å². The molecule has 3 unspecified atom stereocenters. The molecule has 0 aliphatic rings. The van der Waals surface area contributed by atoms with Gasteiger partial charge in [-0.3, -0.25) is 9.59 Å². The van der Waals surface area contributed by atoms with Crippen LogP contribution < -0.4 is 5.32 Å². The highest BCUT2D eigenvalue weighted by Gasteiger charge is 2.40. The molecule has 0 bridgehead atoms. The summed E-state index contributed by atoms with van der Waals surface area (Å²) in [6.45, 7) is 33.8. The molecule has 0 aromatic heterocycles. The van der Waals surface area contributed by atoms with E-state index in [1.165, 1.54) is 70.6 Å². The van der Waals surface area contributed by atoms with Crippen molar-refractivity contribution in [1.82, 2.24) is 5.32 Å². The Morgan fingerprint density at radius 3 is 1.54 bits per heavy atom. The van der Waals surface area contributed by atoms with E-state index in [1.54, 1.807) is 19.2 Å². The van der Waals surface area contributed by atoms with Crippen LogP contribution in [0, 0.1) is 11.3 Å². The molecule has 0 amide bonds. The van der Waals surface area contributed by atoms with Crippen LogP contribution in [0.1, 0.15) is 238 Å². The Bertz CT molecular complexity index is 1020. The molecule has 7 heteroatoms. The molecule has 0 aliphatic heterocycles. The number of hydrogen-bond acceptors (Lipinski definition) is 6. The Balaban J connectivity index is -0.000000447. The molecule has 7 nitrogen and oxygen atoms in total. The fourth-order valence-corrected chi connectivity index (χ4v) is 5.88. The van der Waals surface area contributed by atoms with Crippen LogP contribution in [0.15, 0.2) is 30.3 Å². The summed E-state index contributed by atoms with van der Waals surface area (Å²) in [6.07, 6.45) is 23.8. The van der Waals surface area contributed by atoms with E-state index >= 15 is 0 Å². The third kappa shape index (κ3) is 37.5. The van der Waals surface area contributed by atoms with Gasteiger partial charge in [-0.2, -0.15) is 0 Å². The molecule has 0 heterocycles. The predicted octanol–water partition coefficient (Wildman–Crippen LogP) is 15.6. The lowest BCUT2D eigenvalue weighted by Crippen LogP contribution is -2.50. The first kappa shape index (κ1) is 63.7. The normalized spacial score (nSPS) is 13.7. The number of rotatable bonds is 29. The van der Waals surface area contributed by atoms with Crippen LogP contribution in [-0.4, -0.2) is 54.7 Å². The molecule has 1 aromatic rings. The van der Waals surface area contributed by atoms with Crippen molar-refractivity contribution in [2.75, 3.05) is 20.3 Å².